The zero-order chi connectivity index (χ0) is 12.6. The minimum absolute atomic E-state index is 0.840. The van der Waals surface area contributed by atoms with Crippen molar-refractivity contribution in [2.75, 3.05) is 0 Å². The van der Waals surface area contributed by atoms with Crippen LogP contribution >= 0.6 is 0 Å². The van der Waals surface area contributed by atoms with Crippen LogP contribution < -0.4 is 0 Å². The molecule has 7 aliphatic carbocycles. The summed E-state index contributed by atoms with van der Waals surface area (Å²) in [6.45, 7) is 0. The van der Waals surface area contributed by atoms with Crippen molar-refractivity contribution in [1.82, 2.24) is 0 Å². The first-order valence-electron chi connectivity index (χ1n) is 9.53. The molecule has 0 amide bonds. The molecule has 6 bridgehead atoms. The topological polar surface area (TPSA) is 0 Å². The monoisotopic (exact) mass is 266 g/mol. The van der Waals surface area contributed by atoms with Crippen molar-refractivity contribution in [2.24, 2.45) is 64.6 Å². The van der Waals surface area contributed by atoms with E-state index in [0.717, 1.165) is 23.2 Å². The van der Waals surface area contributed by atoms with E-state index in [1.54, 1.807) is 44.9 Å². The average molecular weight is 266 g/mol. The minimum Gasteiger partial charge on any atom is -0.0848 e. The molecule has 0 heteroatoms. The van der Waals surface area contributed by atoms with Crippen molar-refractivity contribution in [3.8, 4) is 0 Å². The van der Waals surface area contributed by atoms with Gasteiger partial charge in [-0.3, -0.25) is 0 Å². The molecule has 0 aliphatic heterocycles. The van der Waals surface area contributed by atoms with E-state index in [1.165, 1.54) is 41.4 Å². The van der Waals surface area contributed by atoms with Crippen molar-refractivity contribution in [1.29, 1.82) is 0 Å². The third-order valence-corrected chi connectivity index (χ3v) is 9.97. The van der Waals surface area contributed by atoms with Crippen LogP contribution in [0.25, 0.3) is 0 Å². The number of allylic oxidation sites excluding steroid dienone is 2. The summed E-state index contributed by atoms with van der Waals surface area (Å²) in [7, 11) is 0. The SMILES string of the molecule is C1=CC2CC1C1C3CC4C5CCC(C5)C4C4CC21CC43. The molecule has 106 valence electrons. The Morgan fingerprint density at radius 3 is 2.65 bits per heavy atom. The fraction of sp³-hybridized carbons (Fsp3) is 0.900. The van der Waals surface area contributed by atoms with Crippen molar-refractivity contribution >= 4 is 0 Å². The molecule has 11 unspecified atom stereocenters. The maximum atomic E-state index is 2.66. The molecule has 7 rings (SSSR count). The second-order valence-corrected chi connectivity index (χ2v) is 9.86. The summed E-state index contributed by atoms with van der Waals surface area (Å²) >= 11 is 0. The van der Waals surface area contributed by atoms with Gasteiger partial charge in [-0.25, -0.2) is 0 Å². The van der Waals surface area contributed by atoms with E-state index in [9.17, 15) is 0 Å². The van der Waals surface area contributed by atoms with Crippen LogP contribution in [0.4, 0.5) is 0 Å². The Morgan fingerprint density at radius 1 is 0.750 bits per heavy atom. The highest BCUT2D eigenvalue weighted by atomic mass is 14.8. The van der Waals surface area contributed by atoms with Gasteiger partial charge in [0, 0.05) is 0 Å². The Morgan fingerprint density at radius 2 is 1.65 bits per heavy atom. The molecular formula is C20H26. The van der Waals surface area contributed by atoms with Crippen LogP contribution in [0.5, 0.6) is 0 Å². The Balaban J connectivity index is 1.38. The van der Waals surface area contributed by atoms with Crippen molar-refractivity contribution in [2.45, 2.75) is 44.9 Å². The minimum atomic E-state index is 0.840. The van der Waals surface area contributed by atoms with Crippen LogP contribution in [0.2, 0.25) is 0 Å². The van der Waals surface area contributed by atoms with Crippen LogP contribution in [0.1, 0.15) is 44.9 Å². The lowest BCUT2D eigenvalue weighted by Gasteiger charge is -2.53. The number of rotatable bonds is 0. The lowest BCUT2D eigenvalue weighted by molar-refractivity contribution is -0.0411. The predicted molar refractivity (Wildman–Crippen MR) is 78.8 cm³/mol. The maximum absolute atomic E-state index is 2.66. The summed E-state index contributed by atoms with van der Waals surface area (Å²) in [5, 5.41) is 0. The summed E-state index contributed by atoms with van der Waals surface area (Å²) in [4.78, 5) is 0. The van der Waals surface area contributed by atoms with E-state index in [0.29, 0.717) is 0 Å². The van der Waals surface area contributed by atoms with E-state index in [1.807, 2.05) is 0 Å². The Hall–Kier alpha value is -0.260. The second-order valence-electron chi connectivity index (χ2n) is 9.86. The molecule has 7 aliphatic rings. The van der Waals surface area contributed by atoms with Gasteiger partial charge in [-0.2, -0.15) is 0 Å². The highest BCUT2D eigenvalue weighted by Gasteiger charge is 2.73. The van der Waals surface area contributed by atoms with E-state index in [2.05, 4.69) is 12.2 Å². The molecule has 11 atom stereocenters. The highest BCUT2D eigenvalue weighted by Crippen LogP contribution is 2.80. The zero-order valence-electron chi connectivity index (χ0n) is 12.4. The van der Waals surface area contributed by atoms with Crippen molar-refractivity contribution < 1.29 is 0 Å². The molecule has 0 heterocycles. The van der Waals surface area contributed by atoms with E-state index < -0.39 is 0 Å². The molecule has 0 nitrogen and oxygen atoms in total. The molecular weight excluding hydrogens is 240 g/mol. The van der Waals surface area contributed by atoms with Gasteiger partial charge in [0.1, 0.15) is 0 Å². The van der Waals surface area contributed by atoms with Crippen LogP contribution in [0, 0.1) is 64.6 Å². The van der Waals surface area contributed by atoms with Gasteiger partial charge in [0.25, 0.3) is 0 Å². The van der Waals surface area contributed by atoms with Gasteiger partial charge >= 0.3 is 0 Å². The molecule has 0 saturated heterocycles. The second kappa shape index (κ2) is 2.95. The fourth-order valence-corrected chi connectivity index (χ4v) is 9.94. The van der Waals surface area contributed by atoms with E-state index >= 15 is 0 Å². The third-order valence-electron chi connectivity index (χ3n) is 9.97. The third kappa shape index (κ3) is 0.867. The summed E-state index contributed by atoms with van der Waals surface area (Å²) in [5.74, 6) is 11.5. The average Bonchev–Trinajstić information content (AvgIpc) is 3.23. The summed E-state index contributed by atoms with van der Waals surface area (Å²) in [6.07, 6.45) is 16.7. The first-order valence-corrected chi connectivity index (χ1v) is 9.53. The van der Waals surface area contributed by atoms with Gasteiger partial charge in [-0.15, -0.1) is 0 Å². The quantitative estimate of drug-likeness (QED) is 0.566. The Kier molecular flexibility index (Phi) is 1.54. The van der Waals surface area contributed by atoms with Gasteiger partial charge in [0.05, 0.1) is 0 Å². The molecule has 6 fully saturated rings. The molecule has 0 aromatic rings. The van der Waals surface area contributed by atoms with Gasteiger partial charge < -0.3 is 0 Å². The molecule has 0 aromatic heterocycles. The number of fused-ring (bicyclic) bond motifs is 10. The molecule has 20 heavy (non-hydrogen) atoms. The molecule has 0 N–H and O–H groups in total. The van der Waals surface area contributed by atoms with E-state index in [4.69, 9.17) is 0 Å². The highest BCUT2D eigenvalue weighted by molar-refractivity contribution is 5.29. The summed E-state index contributed by atoms with van der Waals surface area (Å²) in [5.41, 5.74) is 0.840. The normalized spacial score (nSPS) is 73.6. The van der Waals surface area contributed by atoms with Crippen LogP contribution in [0.3, 0.4) is 0 Å². The molecule has 0 radical (unpaired) electrons. The summed E-state index contributed by atoms with van der Waals surface area (Å²) in [6, 6.07) is 0. The van der Waals surface area contributed by atoms with Gasteiger partial charge in [-0.1, -0.05) is 12.2 Å². The smallest absolute Gasteiger partial charge is 0.0168 e. The van der Waals surface area contributed by atoms with Gasteiger partial charge in [0.15, 0.2) is 0 Å². The van der Waals surface area contributed by atoms with Crippen LogP contribution in [-0.2, 0) is 0 Å². The molecule has 0 aromatic carbocycles. The predicted octanol–water partition coefficient (Wildman–Crippen LogP) is 4.52. The zero-order valence-corrected chi connectivity index (χ0v) is 12.4. The summed E-state index contributed by atoms with van der Waals surface area (Å²) < 4.78 is 0. The lowest BCUT2D eigenvalue weighted by Crippen LogP contribution is -2.47. The first kappa shape index (κ1) is 10.5. The molecule has 1 spiro atoms. The van der Waals surface area contributed by atoms with Gasteiger partial charge in [0.2, 0.25) is 0 Å². The van der Waals surface area contributed by atoms with Crippen LogP contribution in [0.15, 0.2) is 12.2 Å². The first-order chi connectivity index (χ1) is 9.85. The maximum Gasteiger partial charge on any atom is -0.0168 e. The van der Waals surface area contributed by atoms with Gasteiger partial charge in [-0.05, 0) is 110 Å². The van der Waals surface area contributed by atoms with Crippen molar-refractivity contribution in [3.63, 3.8) is 0 Å². The van der Waals surface area contributed by atoms with Crippen LogP contribution in [-0.4, -0.2) is 0 Å². The largest absolute Gasteiger partial charge is 0.0848 e. The van der Waals surface area contributed by atoms with E-state index in [-0.39, 0.29) is 0 Å². The Labute approximate surface area is 122 Å². The van der Waals surface area contributed by atoms with Crippen molar-refractivity contribution in [3.05, 3.63) is 12.2 Å². The molecule has 6 saturated carbocycles. The fourth-order valence-electron chi connectivity index (χ4n) is 9.94. The standard InChI is InChI=1S/C20H26/c1-2-11-5-10(1)14-7-15-16-8-20(9-17(16)18(11)14)13-4-3-12(6-13)19(15)20/h3-4,10-19H,1-2,5-9H2. The number of hydrogen-bond donors (Lipinski definition) is 0. The lowest BCUT2D eigenvalue weighted by atomic mass is 9.52. The number of hydrogen-bond acceptors (Lipinski definition) is 0. The Bertz CT molecular complexity index is 532.